The van der Waals surface area contributed by atoms with Crippen LogP contribution in [-0.4, -0.2) is 35.8 Å². The van der Waals surface area contributed by atoms with Crippen LogP contribution in [0.1, 0.15) is 68.3 Å². The molecule has 6 heteroatoms. The zero-order valence-electron chi connectivity index (χ0n) is 26.6. The lowest BCUT2D eigenvalue weighted by Gasteiger charge is -2.26. The third-order valence-corrected chi connectivity index (χ3v) is 8.35. The third-order valence-electron chi connectivity index (χ3n) is 8.35. The number of nitrogens with zero attached hydrogens (tertiary/aromatic N) is 1. The summed E-state index contributed by atoms with van der Waals surface area (Å²) in [6, 6.07) is 32.7. The summed E-state index contributed by atoms with van der Waals surface area (Å²) in [5.74, 6) is 0.816. The molecule has 0 aliphatic rings. The molecule has 1 heterocycles. The number of aromatic nitrogens is 1. The van der Waals surface area contributed by atoms with Crippen molar-refractivity contribution < 1.29 is 19.4 Å². The number of nitrogens with one attached hydrogen (secondary N) is 1. The summed E-state index contributed by atoms with van der Waals surface area (Å²) < 4.78 is 11.8. The van der Waals surface area contributed by atoms with Crippen LogP contribution in [0.3, 0.4) is 0 Å². The molecule has 2 N–H and O–H groups in total. The molecule has 0 spiro atoms. The lowest BCUT2D eigenvalue weighted by molar-refractivity contribution is -0.149. The van der Waals surface area contributed by atoms with Crippen molar-refractivity contribution in [3.63, 3.8) is 0 Å². The highest BCUT2D eigenvalue weighted by Gasteiger charge is 2.34. The van der Waals surface area contributed by atoms with Crippen molar-refractivity contribution in [3.05, 3.63) is 119 Å². The number of pyridine rings is 1. The first-order valence-electron chi connectivity index (χ1n) is 16.1. The van der Waals surface area contributed by atoms with E-state index in [0.29, 0.717) is 44.9 Å². The van der Waals surface area contributed by atoms with Crippen LogP contribution in [0.15, 0.2) is 97.1 Å². The molecule has 3 aromatic carbocycles. The molecule has 4 aromatic rings. The maximum Gasteiger partial charge on any atom is 0.309 e. The number of carbonyl (C=O) groups is 1. The lowest BCUT2D eigenvalue weighted by atomic mass is 9.79. The van der Waals surface area contributed by atoms with Crippen molar-refractivity contribution in [1.29, 1.82) is 0 Å². The van der Waals surface area contributed by atoms with Crippen LogP contribution in [0.4, 0.5) is 5.69 Å². The quantitative estimate of drug-likeness (QED) is 0.104. The highest BCUT2D eigenvalue weighted by molar-refractivity contribution is 5.74. The van der Waals surface area contributed by atoms with Gasteiger partial charge in [-0.15, -0.1) is 0 Å². The Morgan fingerprint density at radius 2 is 1.56 bits per heavy atom. The second-order valence-corrected chi connectivity index (χ2v) is 11.4. The number of anilines is 1. The third kappa shape index (κ3) is 10.8. The van der Waals surface area contributed by atoms with E-state index in [1.54, 1.807) is 0 Å². The minimum absolute atomic E-state index is 0.588. The number of hydrogen-bond donors (Lipinski definition) is 2. The SMILES string of the molecule is CCC(CC)(CCNc1cccc(C=Cc2cccc(OCCCCc3ccc(OCCc4ccccc4)cc3)n2)c1)C(=O)O. The Balaban J connectivity index is 1.16. The van der Waals surface area contributed by atoms with Crippen LogP contribution in [0.25, 0.3) is 12.2 Å². The topological polar surface area (TPSA) is 80.7 Å². The van der Waals surface area contributed by atoms with E-state index in [2.05, 4.69) is 64.9 Å². The molecule has 0 amide bonds. The van der Waals surface area contributed by atoms with Gasteiger partial charge >= 0.3 is 5.97 Å². The zero-order valence-corrected chi connectivity index (χ0v) is 26.6. The number of aliphatic carboxylic acids is 1. The van der Waals surface area contributed by atoms with E-state index >= 15 is 0 Å². The second-order valence-electron chi connectivity index (χ2n) is 11.4. The summed E-state index contributed by atoms with van der Waals surface area (Å²) in [6.45, 7) is 5.80. The smallest absolute Gasteiger partial charge is 0.309 e. The van der Waals surface area contributed by atoms with Gasteiger partial charge in [0.25, 0.3) is 0 Å². The number of ether oxygens (including phenoxy) is 2. The number of carboxylic acids is 1. The molecule has 0 radical (unpaired) electrons. The first-order valence-corrected chi connectivity index (χ1v) is 16.1. The van der Waals surface area contributed by atoms with Crippen LogP contribution in [-0.2, 0) is 17.6 Å². The van der Waals surface area contributed by atoms with E-state index in [1.807, 2.05) is 68.5 Å². The maximum atomic E-state index is 11.8. The molecule has 0 saturated carbocycles. The molecule has 236 valence electrons. The number of aryl methyl sites for hydroxylation is 1. The molecule has 0 fully saturated rings. The molecule has 0 aliphatic carbocycles. The van der Waals surface area contributed by atoms with E-state index in [1.165, 1.54) is 11.1 Å². The van der Waals surface area contributed by atoms with Gasteiger partial charge in [-0.2, -0.15) is 0 Å². The molecule has 4 rings (SSSR count). The van der Waals surface area contributed by atoms with Gasteiger partial charge in [-0.25, -0.2) is 4.98 Å². The van der Waals surface area contributed by atoms with Gasteiger partial charge in [-0.1, -0.05) is 80.6 Å². The number of rotatable bonds is 19. The number of carboxylic acid groups (broad SMARTS) is 1. The van der Waals surface area contributed by atoms with E-state index in [9.17, 15) is 9.90 Å². The molecule has 0 aliphatic heterocycles. The van der Waals surface area contributed by atoms with E-state index in [-0.39, 0.29) is 0 Å². The predicted octanol–water partition coefficient (Wildman–Crippen LogP) is 8.97. The average Bonchev–Trinajstić information content (AvgIpc) is 3.07. The summed E-state index contributed by atoms with van der Waals surface area (Å²) in [4.78, 5) is 16.4. The van der Waals surface area contributed by atoms with E-state index in [4.69, 9.17) is 9.47 Å². The van der Waals surface area contributed by atoms with Crippen LogP contribution < -0.4 is 14.8 Å². The molecule has 6 nitrogen and oxygen atoms in total. The number of benzene rings is 3. The van der Waals surface area contributed by atoms with Crippen molar-refractivity contribution in [3.8, 4) is 11.6 Å². The highest BCUT2D eigenvalue weighted by Crippen LogP contribution is 2.31. The summed E-state index contributed by atoms with van der Waals surface area (Å²) in [7, 11) is 0. The van der Waals surface area contributed by atoms with Crippen LogP contribution in [0, 0.1) is 5.41 Å². The van der Waals surface area contributed by atoms with Gasteiger partial charge in [0.05, 0.1) is 24.3 Å². The van der Waals surface area contributed by atoms with Crippen molar-refractivity contribution in [2.24, 2.45) is 5.41 Å². The Bertz CT molecular complexity index is 1480. The minimum atomic E-state index is -0.716. The van der Waals surface area contributed by atoms with Crippen molar-refractivity contribution in [2.45, 2.75) is 58.8 Å². The number of unbranched alkanes of at least 4 members (excludes halogenated alkanes) is 1. The second kappa shape index (κ2) is 17.6. The lowest BCUT2D eigenvalue weighted by Crippen LogP contribution is -2.31. The maximum absolute atomic E-state index is 11.8. The molecule has 0 bridgehead atoms. The monoisotopic (exact) mass is 606 g/mol. The summed E-state index contributed by atoms with van der Waals surface area (Å²) in [5.41, 5.74) is 4.74. The summed E-state index contributed by atoms with van der Waals surface area (Å²) in [6.07, 6.45) is 9.72. The van der Waals surface area contributed by atoms with Gasteiger partial charge in [0.1, 0.15) is 5.75 Å². The first-order chi connectivity index (χ1) is 22.0. The molecule has 1 aromatic heterocycles. The first kappa shape index (κ1) is 33.3. The van der Waals surface area contributed by atoms with Crippen LogP contribution >= 0.6 is 0 Å². The Morgan fingerprint density at radius 3 is 2.31 bits per heavy atom. The van der Waals surface area contributed by atoms with Gasteiger partial charge in [-0.3, -0.25) is 4.79 Å². The Labute approximate surface area is 268 Å². The molecule has 0 unspecified atom stereocenters. The zero-order chi connectivity index (χ0) is 31.7. The van der Waals surface area contributed by atoms with Gasteiger partial charge in [0.2, 0.25) is 5.88 Å². The summed E-state index contributed by atoms with van der Waals surface area (Å²) >= 11 is 0. The van der Waals surface area contributed by atoms with Gasteiger partial charge in [0, 0.05) is 24.7 Å². The minimum Gasteiger partial charge on any atom is -0.493 e. The largest absolute Gasteiger partial charge is 0.493 e. The Kier molecular flexibility index (Phi) is 13.1. The van der Waals surface area contributed by atoms with Crippen molar-refractivity contribution in [1.82, 2.24) is 4.98 Å². The normalized spacial score (nSPS) is 11.4. The fraction of sp³-hybridized carbons (Fsp3) is 0.333. The van der Waals surface area contributed by atoms with Crippen molar-refractivity contribution in [2.75, 3.05) is 25.1 Å². The van der Waals surface area contributed by atoms with E-state index in [0.717, 1.165) is 48.4 Å². The average molecular weight is 607 g/mol. The summed E-state index contributed by atoms with van der Waals surface area (Å²) in [5, 5.41) is 13.1. The van der Waals surface area contributed by atoms with Crippen LogP contribution in [0.5, 0.6) is 11.6 Å². The molecule has 0 atom stereocenters. The molecule has 0 saturated heterocycles. The Morgan fingerprint density at radius 1 is 0.800 bits per heavy atom. The van der Waals surface area contributed by atoms with Gasteiger partial charge in [0.15, 0.2) is 0 Å². The predicted molar refractivity (Wildman–Crippen MR) is 184 cm³/mol. The Hall–Kier alpha value is -4.58. The standard InChI is InChI=1S/C39H46N2O4/c1-3-39(4-2,38(42)43)26-27-40-35-17-10-15-33(30-35)19-22-34-16-11-18-37(41-34)45-28-9-8-14-32-20-23-36(24-21-32)44-29-25-31-12-6-5-7-13-31/h5-7,10-13,15-24,30,40H,3-4,8-9,14,25-29H2,1-2H3,(H,42,43). The van der Waals surface area contributed by atoms with Gasteiger partial charge < -0.3 is 19.9 Å². The molecular weight excluding hydrogens is 560 g/mol. The van der Waals surface area contributed by atoms with Crippen molar-refractivity contribution >= 4 is 23.8 Å². The van der Waals surface area contributed by atoms with Crippen LogP contribution in [0.2, 0.25) is 0 Å². The van der Waals surface area contributed by atoms with E-state index < -0.39 is 11.4 Å². The highest BCUT2D eigenvalue weighted by atomic mass is 16.5. The number of hydrogen-bond acceptors (Lipinski definition) is 5. The molecular formula is C39H46N2O4. The fourth-order valence-corrected chi connectivity index (χ4v) is 5.29. The van der Waals surface area contributed by atoms with Gasteiger partial charge in [-0.05, 0) is 91.6 Å². The molecule has 45 heavy (non-hydrogen) atoms. The fourth-order valence-electron chi connectivity index (χ4n) is 5.29.